The Morgan fingerprint density at radius 2 is 2.29 bits per heavy atom. The molecule has 0 radical (unpaired) electrons. The molecule has 1 aromatic carbocycles. The van der Waals surface area contributed by atoms with Gasteiger partial charge in [0, 0.05) is 12.1 Å². The van der Waals surface area contributed by atoms with E-state index in [1.165, 1.54) is 0 Å². The van der Waals surface area contributed by atoms with Gasteiger partial charge in [-0.3, -0.25) is 10.1 Å². The van der Waals surface area contributed by atoms with Crippen molar-refractivity contribution in [1.29, 1.82) is 0 Å². The highest BCUT2D eigenvalue weighted by molar-refractivity contribution is 7.80. The number of halogens is 1. The Morgan fingerprint density at radius 1 is 1.64 bits per heavy atom. The summed E-state index contributed by atoms with van der Waals surface area (Å²) in [5, 5.41) is 12.6. The maximum atomic E-state index is 12.7. The van der Waals surface area contributed by atoms with Gasteiger partial charge >= 0.3 is 0 Å². The zero-order valence-electron chi connectivity index (χ0n) is 6.86. The second-order valence-electron chi connectivity index (χ2n) is 2.41. The van der Waals surface area contributed by atoms with Crippen LogP contribution < -0.4 is 11.1 Å². The Bertz CT molecular complexity index is 397. The van der Waals surface area contributed by atoms with E-state index >= 15 is 0 Å². The number of nitro benzene ring substituents is 1. The number of hydrogen-bond donors (Lipinski definition) is 2. The Balaban J connectivity index is 3.15. The van der Waals surface area contributed by atoms with Crippen LogP contribution >= 0.6 is 12.2 Å². The fraction of sp³-hybridized carbons (Fsp3) is 0. The third-order valence-corrected chi connectivity index (χ3v) is 1.52. The van der Waals surface area contributed by atoms with Gasteiger partial charge in [-0.2, -0.15) is 0 Å². The Morgan fingerprint density at radius 3 is 2.79 bits per heavy atom. The minimum absolute atomic E-state index is 0.0532. The maximum Gasteiger partial charge on any atom is 0.292 e. The molecule has 0 aliphatic carbocycles. The molecule has 0 aromatic heterocycles. The number of rotatable bonds is 2. The second kappa shape index (κ2) is 3.97. The second-order valence-corrected chi connectivity index (χ2v) is 2.85. The zero-order valence-corrected chi connectivity index (χ0v) is 7.68. The van der Waals surface area contributed by atoms with E-state index in [2.05, 4.69) is 17.5 Å². The van der Waals surface area contributed by atoms with E-state index in [1.807, 2.05) is 0 Å². The SMILES string of the molecule is NC(=S)Nc1cc(F)ccc1[N+](=O)[O-]. The lowest BCUT2D eigenvalue weighted by atomic mass is 10.2. The van der Waals surface area contributed by atoms with Crippen molar-refractivity contribution in [3.63, 3.8) is 0 Å². The first-order valence-corrected chi connectivity index (χ1v) is 3.92. The lowest BCUT2D eigenvalue weighted by molar-refractivity contribution is -0.383. The minimum atomic E-state index is -0.653. The number of thiocarbonyl (C=S) groups is 1. The standard InChI is InChI=1S/C7H6FN3O2S/c8-4-1-2-6(11(12)13)5(3-4)10-7(9)14/h1-3H,(H3,9,10,14). The van der Waals surface area contributed by atoms with Gasteiger partial charge in [0.2, 0.25) is 0 Å². The van der Waals surface area contributed by atoms with Crippen molar-refractivity contribution in [2.45, 2.75) is 0 Å². The fourth-order valence-electron chi connectivity index (χ4n) is 0.900. The average molecular weight is 215 g/mol. The number of nitro groups is 1. The molecule has 14 heavy (non-hydrogen) atoms. The van der Waals surface area contributed by atoms with Gasteiger partial charge in [-0.05, 0) is 18.3 Å². The third-order valence-electron chi connectivity index (χ3n) is 1.41. The molecule has 5 nitrogen and oxygen atoms in total. The number of nitrogens with one attached hydrogen (secondary N) is 1. The van der Waals surface area contributed by atoms with Crippen LogP contribution in [0.3, 0.4) is 0 Å². The van der Waals surface area contributed by atoms with Gasteiger partial charge in [-0.1, -0.05) is 0 Å². The first-order chi connectivity index (χ1) is 6.50. The summed E-state index contributed by atoms with van der Waals surface area (Å²) < 4.78 is 12.7. The summed E-state index contributed by atoms with van der Waals surface area (Å²) in [5.74, 6) is -0.602. The summed E-state index contributed by atoms with van der Waals surface area (Å²) in [6.07, 6.45) is 0. The molecule has 0 aliphatic rings. The predicted octanol–water partition coefficient (Wildman–Crippen LogP) is 1.39. The highest BCUT2D eigenvalue weighted by atomic mass is 32.1. The van der Waals surface area contributed by atoms with Crippen LogP contribution in [0.1, 0.15) is 0 Å². The summed E-state index contributed by atoms with van der Waals surface area (Å²) >= 11 is 4.49. The summed E-state index contributed by atoms with van der Waals surface area (Å²) in [6, 6.07) is 2.98. The molecule has 3 N–H and O–H groups in total. The molecule has 74 valence electrons. The number of hydrogen-bond acceptors (Lipinski definition) is 3. The molecule has 0 saturated carbocycles. The molecule has 0 heterocycles. The molecule has 0 spiro atoms. The maximum absolute atomic E-state index is 12.7. The van der Waals surface area contributed by atoms with Gasteiger partial charge in [0.05, 0.1) is 4.92 Å². The number of nitrogens with two attached hydrogens (primary N) is 1. The lowest BCUT2D eigenvalue weighted by Gasteiger charge is -2.04. The topological polar surface area (TPSA) is 81.2 Å². The first-order valence-electron chi connectivity index (χ1n) is 3.51. The van der Waals surface area contributed by atoms with Gasteiger partial charge < -0.3 is 11.1 Å². The highest BCUT2D eigenvalue weighted by Gasteiger charge is 2.14. The van der Waals surface area contributed by atoms with E-state index in [0.717, 1.165) is 18.2 Å². The van der Waals surface area contributed by atoms with E-state index in [-0.39, 0.29) is 16.5 Å². The van der Waals surface area contributed by atoms with Crippen LogP contribution in [-0.2, 0) is 0 Å². The summed E-state index contributed by atoms with van der Waals surface area (Å²) in [4.78, 5) is 9.82. The molecule has 0 amide bonds. The normalized spacial score (nSPS) is 9.50. The van der Waals surface area contributed by atoms with Crippen molar-refractivity contribution in [2.24, 2.45) is 5.73 Å². The van der Waals surface area contributed by atoms with Crippen molar-refractivity contribution in [3.05, 3.63) is 34.1 Å². The molecule has 0 bridgehead atoms. The number of anilines is 1. The molecule has 1 rings (SSSR count). The molecule has 1 aromatic rings. The quantitative estimate of drug-likeness (QED) is 0.442. The van der Waals surface area contributed by atoms with Crippen molar-refractivity contribution in [3.8, 4) is 0 Å². The van der Waals surface area contributed by atoms with E-state index in [0.29, 0.717) is 0 Å². The molecule has 0 unspecified atom stereocenters. The van der Waals surface area contributed by atoms with Gasteiger partial charge in [-0.15, -0.1) is 0 Å². The molecule has 0 aliphatic heterocycles. The van der Waals surface area contributed by atoms with Crippen molar-refractivity contribution >= 4 is 28.7 Å². The van der Waals surface area contributed by atoms with E-state index in [9.17, 15) is 14.5 Å². The van der Waals surface area contributed by atoms with Crippen LogP contribution in [0.5, 0.6) is 0 Å². The molecular weight excluding hydrogens is 209 g/mol. The average Bonchev–Trinajstić information content (AvgIpc) is 2.01. The Hall–Kier alpha value is -1.76. The van der Waals surface area contributed by atoms with Crippen LogP contribution in [0.15, 0.2) is 18.2 Å². The lowest BCUT2D eigenvalue weighted by Crippen LogP contribution is -2.19. The number of benzene rings is 1. The Labute approximate surface area is 83.9 Å². The number of nitrogens with zero attached hydrogens (tertiary/aromatic N) is 1. The smallest absolute Gasteiger partial charge is 0.292 e. The van der Waals surface area contributed by atoms with Gasteiger partial charge in [0.1, 0.15) is 11.5 Å². The van der Waals surface area contributed by atoms with Crippen LogP contribution in [0.4, 0.5) is 15.8 Å². The zero-order chi connectivity index (χ0) is 10.7. The van der Waals surface area contributed by atoms with Crippen molar-refractivity contribution < 1.29 is 9.31 Å². The molecule has 0 atom stereocenters. The largest absolute Gasteiger partial charge is 0.376 e. The van der Waals surface area contributed by atoms with Gasteiger partial charge in [0.15, 0.2) is 5.11 Å². The van der Waals surface area contributed by atoms with E-state index in [4.69, 9.17) is 5.73 Å². The fourth-order valence-corrected chi connectivity index (χ4v) is 1.01. The van der Waals surface area contributed by atoms with E-state index in [1.54, 1.807) is 0 Å². The van der Waals surface area contributed by atoms with Gasteiger partial charge in [-0.25, -0.2) is 4.39 Å². The molecular formula is C7H6FN3O2S. The van der Waals surface area contributed by atoms with Crippen LogP contribution in [0, 0.1) is 15.9 Å². The van der Waals surface area contributed by atoms with Crippen molar-refractivity contribution in [1.82, 2.24) is 0 Å². The van der Waals surface area contributed by atoms with Gasteiger partial charge in [0.25, 0.3) is 5.69 Å². The molecule has 0 saturated heterocycles. The predicted molar refractivity (Wildman–Crippen MR) is 53.5 cm³/mol. The molecule has 7 heteroatoms. The summed E-state index contributed by atoms with van der Waals surface area (Å²) in [5.41, 5.74) is 4.79. The summed E-state index contributed by atoms with van der Waals surface area (Å²) in [7, 11) is 0. The van der Waals surface area contributed by atoms with E-state index < -0.39 is 10.7 Å². The van der Waals surface area contributed by atoms with Crippen LogP contribution in [0.25, 0.3) is 0 Å². The molecule has 0 fully saturated rings. The van der Waals surface area contributed by atoms with Crippen LogP contribution in [0.2, 0.25) is 0 Å². The van der Waals surface area contributed by atoms with Crippen molar-refractivity contribution in [2.75, 3.05) is 5.32 Å². The first kappa shape index (κ1) is 10.3. The monoisotopic (exact) mass is 215 g/mol. The summed E-state index contributed by atoms with van der Waals surface area (Å²) in [6.45, 7) is 0. The Kier molecular flexibility index (Phi) is 2.92. The highest BCUT2D eigenvalue weighted by Crippen LogP contribution is 2.24. The minimum Gasteiger partial charge on any atom is -0.376 e. The third kappa shape index (κ3) is 2.36. The van der Waals surface area contributed by atoms with Crippen LogP contribution in [-0.4, -0.2) is 10.0 Å².